The highest BCUT2D eigenvalue weighted by Gasteiger charge is 2.33. The largest absolute Gasteiger partial charge is 0.350 e. The minimum Gasteiger partial charge on any atom is -0.350 e. The molecule has 3 rings (SSSR count). The lowest BCUT2D eigenvalue weighted by Gasteiger charge is -2.36. The van der Waals surface area contributed by atoms with Gasteiger partial charge in [-0.3, -0.25) is 4.99 Å². The first-order valence-corrected chi connectivity index (χ1v) is 8.26. The maximum absolute atomic E-state index is 4.72. The Bertz CT molecular complexity index is 503. The van der Waals surface area contributed by atoms with Crippen molar-refractivity contribution in [2.45, 2.75) is 38.8 Å². The SMILES string of the molecule is CC1CCC2CN=C(N[C@@H](C)c3ccc(Br)cc3)N2C1.I. The third-order valence-electron chi connectivity index (χ3n) is 4.38. The van der Waals surface area contributed by atoms with Crippen molar-refractivity contribution < 1.29 is 0 Å². The summed E-state index contributed by atoms with van der Waals surface area (Å²) in [6.07, 6.45) is 2.62. The molecule has 21 heavy (non-hydrogen) atoms. The van der Waals surface area contributed by atoms with E-state index in [4.69, 9.17) is 4.99 Å². The average molecular weight is 464 g/mol. The number of rotatable bonds is 2. The molecule has 3 atom stereocenters. The molecule has 116 valence electrons. The molecule has 1 aromatic carbocycles. The summed E-state index contributed by atoms with van der Waals surface area (Å²) in [5, 5.41) is 3.59. The molecule has 0 spiro atoms. The monoisotopic (exact) mass is 463 g/mol. The summed E-state index contributed by atoms with van der Waals surface area (Å²) in [4.78, 5) is 7.20. The van der Waals surface area contributed by atoms with Crippen LogP contribution in [0.25, 0.3) is 0 Å². The van der Waals surface area contributed by atoms with E-state index < -0.39 is 0 Å². The second-order valence-electron chi connectivity index (χ2n) is 6.07. The summed E-state index contributed by atoms with van der Waals surface area (Å²) >= 11 is 3.48. The molecular formula is C16H23BrIN3. The van der Waals surface area contributed by atoms with E-state index in [1.807, 2.05) is 0 Å². The maximum Gasteiger partial charge on any atom is 0.194 e. The van der Waals surface area contributed by atoms with Gasteiger partial charge < -0.3 is 10.2 Å². The zero-order valence-corrected chi connectivity index (χ0v) is 16.5. The van der Waals surface area contributed by atoms with E-state index in [9.17, 15) is 0 Å². The van der Waals surface area contributed by atoms with Crippen LogP contribution in [0, 0.1) is 5.92 Å². The summed E-state index contributed by atoms with van der Waals surface area (Å²) in [6.45, 7) is 6.64. The summed E-state index contributed by atoms with van der Waals surface area (Å²) < 4.78 is 1.12. The van der Waals surface area contributed by atoms with Crippen molar-refractivity contribution in [3.8, 4) is 0 Å². The molecule has 0 aromatic heterocycles. The second-order valence-corrected chi connectivity index (χ2v) is 6.99. The van der Waals surface area contributed by atoms with Gasteiger partial charge in [0, 0.05) is 11.0 Å². The van der Waals surface area contributed by atoms with Gasteiger partial charge >= 0.3 is 0 Å². The van der Waals surface area contributed by atoms with Gasteiger partial charge in [0.2, 0.25) is 0 Å². The number of hydrogen-bond acceptors (Lipinski definition) is 3. The number of guanidine groups is 1. The van der Waals surface area contributed by atoms with Crippen molar-refractivity contribution in [3.05, 3.63) is 34.3 Å². The molecule has 0 amide bonds. The normalized spacial score (nSPS) is 25.7. The van der Waals surface area contributed by atoms with Crippen molar-refractivity contribution >= 4 is 45.9 Å². The number of halogens is 2. The van der Waals surface area contributed by atoms with Crippen molar-refractivity contribution in [1.29, 1.82) is 0 Å². The molecule has 2 unspecified atom stereocenters. The van der Waals surface area contributed by atoms with E-state index in [1.165, 1.54) is 18.4 Å². The molecule has 1 N–H and O–H groups in total. The molecule has 1 saturated heterocycles. The summed E-state index contributed by atoms with van der Waals surface area (Å²) in [6, 6.07) is 9.43. The van der Waals surface area contributed by atoms with E-state index in [0.29, 0.717) is 6.04 Å². The highest BCUT2D eigenvalue weighted by atomic mass is 127. The van der Waals surface area contributed by atoms with E-state index in [2.05, 4.69) is 64.3 Å². The number of aliphatic imine (C=N–C) groups is 1. The van der Waals surface area contributed by atoms with Crippen molar-refractivity contribution in [3.63, 3.8) is 0 Å². The first kappa shape index (κ1) is 17.1. The maximum atomic E-state index is 4.72. The Morgan fingerprint density at radius 3 is 2.71 bits per heavy atom. The van der Waals surface area contributed by atoms with Crippen LogP contribution < -0.4 is 5.32 Å². The average Bonchev–Trinajstić information content (AvgIpc) is 2.82. The molecule has 1 aromatic rings. The Labute approximate surface area is 152 Å². The highest BCUT2D eigenvalue weighted by Crippen LogP contribution is 2.26. The van der Waals surface area contributed by atoms with Crippen LogP contribution >= 0.6 is 39.9 Å². The van der Waals surface area contributed by atoms with Crippen LogP contribution in [0.5, 0.6) is 0 Å². The van der Waals surface area contributed by atoms with Gasteiger partial charge in [0.05, 0.1) is 18.6 Å². The first-order valence-electron chi connectivity index (χ1n) is 7.46. The predicted octanol–water partition coefficient (Wildman–Crippen LogP) is 4.19. The van der Waals surface area contributed by atoms with Gasteiger partial charge in [-0.2, -0.15) is 0 Å². The number of benzene rings is 1. The summed E-state index contributed by atoms with van der Waals surface area (Å²) in [7, 11) is 0. The van der Waals surface area contributed by atoms with E-state index in [1.54, 1.807) is 0 Å². The fraction of sp³-hybridized carbons (Fsp3) is 0.562. The molecule has 2 heterocycles. The lowest BCUT2D eigenvalue weighted by molar-refractivity contribution is 0.210. The topological polar surface area (TPSA) is 27.6 Å². The van der Waals surface area contributed by atoms with E-state index in [0.717, 1.165) is 29.4 Å². The Hall–Kier alpha value is -0.300. The second kappa shape index (κ2) is 7.31. The Morgan fingerprint density at radius 1 is 1.29 bits per heavy atom. The Kier molecular flexibility index (Phi) is 5.94. The van der Waals surface area contributed by atoms with Crippen LogP contribution in [0.2, 0.25) is 0 Å². The van der Waals surface area contributed by atoms with Gasteiger partial charge in [0.1, 0.15) is 0 Å². The third kappa shape index (κ3) is 3.92. The molecule has 3 nitrogen and oxygen atoms in total. The highest BCUT2D eigenvalue weighted by molar-refractivity contribution is 14.0. The smallest absolute Gasteiger partial charge is 0.194 e. The zero-order valence-electron chi connectivity index (χ0n) is 12.6. The lowest BCUT2D eigenvalue weighted by Crippen LogP contribution is -2.48. The van der Waals surface area contributed by atoms with Gasteiger partial charge in [-0.05, 0) is 43.4 Å². The Balaban J connectivity index is 0.00000161. The van der Waals surface area contributed by atoms with Crippen LogP contribution in [0.15, 0.2) is 33.7 Å². The lowest BCUT2D eigenvalue weighted by atomic mass is 9.95. The number of nitrogens with one attached hydrogen (secondary N) is 1. The van der Waals surface area contributed by atoms with Crippen LogP contribution in [-0.4, -0.2) is 30.0 Å². The molecular weight excluding hydrogens is 441 g/mol. The van der Waals surface area contributed by atoms with Gasteiger partial charge in [0.15, 0.2) is 5.96 Å². The van der Waals surface area contributed by atoms with Gasteiger partial charge in [0.25, 0.3) is 0 Å². The predicted molar refractivity (Wildman–Crippen MR) is 102 cm³/mol. The van der Waals surface area contributed by atoms with Gasteiger partial charge in [-0.15, -0.1) is 24.0 Å². The first-order chi connectivity index (χ1) is 9.63. The van der Waals surface area contributed by atoms with Crippen molar-refractivity contribution in [1.82, 2.24) is 10.2 Å². The van der Waals surface area contributed by atoms with Gasteiger partial charge in [-0.25, -0.2) is 0 Å². The fourth-order valence-electron chi connectivity index (χ4n) is 3.10. The molecule has 5 heteroatoms. The van der Waals surface area contributed by atoms with Gasteiger partial charge in [-0.1, -0.05) is 35.0 Å². The Morgan fingerprint density at radius 2 is 2.00 bits per heavy atom. The number of nitrogens with zero attached hydrogens (tertiary/aromatic N) is 2. The van der Waals surface area contributed by atoms with Crippen LogP contribution in [0.1, 0.15) is 38.3 Å². The molecule has 0 radical (unpaired) electrons. The minimum absolute atomic E-state index is 0. The minimum atomic E-state index is 0. The van der Waals surface area contributed by atoms with Crippen molar-refractivity contribution in [2.75, 3.05) is 13.1 Å². The van der Waals surface area contributed by atoms with Crippen molar-refractivity contribution in [2.24, 2.45) is 10.9 Å². The number of piperidine rings is 1. The third-order valence-corrected chi connectivity index (χ3v) is 4.91. The van der Waals surface area contributed by atoms with Crippen LogP contribution in [0.4, 0.5) is 0 Å². The molecule has 2 aliphatic heterocycles. The molecule has 0 saturated carbocycles. The molecule has 2 aliphatic rings. The number of hydrogen-bond donors (Lipinski definition) is 1. The van der Waals surface area contributed by atoms with Crippen LogP contribution in [-0.2, 0) is 0 Å². The summed E-state index contributed by atoms with van der Waals surface area (Å²) in [5.74, 6) is 1.87. The number of fused-ring (bicyclic) bond motifs is 1. The summed E-state index contributed by atoms with van der Waals surface area (Å²) in [5.41, 5.74) is 1.30. The quantitative estimate of drug-likeness (QED) is 0.666. The molecule has 0 aliphatic carbocycles. The zero-order chi connectivity index (χ0) is 14.1. The molecule has 1 fully saturated rings. The fourth-order valence-corrected chi connectivity index (χ4v) is 3.36. The van der Waals surface area contributed by atoms with Crippen LogP contribution in [0.3, 0.4) is 0 Å². The standard InChI is InChI=1S/C16H22BrN3.HI/c1-11-3-8-15-9-18-16(20(15)10-11)19-12(2)13-4-6-14(17)7-5-13;/h4-7,11-12,15H,3,8-10H2,1-2H3,(H,18,19);1H/t11?,12-,15?;/m0./s1. The van der Waals surface area contributed by atoms with E-state index >= 15 is 0 Å². The van der Waals surface area contributed by atoms with E-state index in [-0.39, 0.29) is 30.0 Å². The molecule has 0 bridgehead atoms.